The minimum atomic E-state index is -3.70. The number of piperidine rings is 1. The maximum Gasteiger partial charge on any atom is 0.310 e. The number of pyridine rings is 1. The van der Waals surface area contributed by atoms with Gasteiger partial charge in [-0.1, -0.05) is 0 Å². The van der Waals surface area contributed by atoms with Crippen LogP contribution in [-0.4, -0.2) is 53.2 Å². The molecule has 10 heteroatoms. The van der Waals surface area contributed by atoms with Crippen molar-refractivity contribution in [2.75, 3.05) is 19.7 Å². The minimum absolute atomic E-state index is 0.125. The van der Waals surface area contributed by atoms with Crippen molar-refractivity contribution in [2.45, 2.75) is 26.3 Å². The van der Waals surface area contributed by atoms with E-state index in [9.17, 15) is 13.2 Å². The molecule has 2 aromatic heterocycles. The number of carbonyl (C=O) groups excluding carboxylic acids is 1. The summed E-state index contributed by atoms with van der Waals surface area (Å²) >= 11 is 0. The van der Waals surface area contributed by atoms with Crippen LogP contribution in [0.5, 0.6) is 0 Å². The van der Waals surface area contributed by atoms with Gasteiger partial charge in [0.15, 0.2) is 5.82 Å². The Morgan fingerprint density at radius 2 is 2.26 bits per heavy atom. The first-order chi connectivity index (χ1) is 13.0. The van der Waals surface area contributed by atoms with Crippen molar-refractivity contribution in [1.82, 2.24) is 23.8 Å². The van der Waals surface area contributed by atoms with Crippen LogP contribution in [0.2, 0.25) is 0 Å². The Bertz CT molecular complexity index is 869. The Hall–Kier alpha value is -2.30. The average Bonchev–Trinajstić information content (AvgIpc) is 3.22. The fourth-order valence-corrected chi connectivity index (χ4v) is 4.26. The van der Waals surface area contributed by atoms with Gasteiger partial charge < -0.3 is 4.74 Å². The number of esters is 1. The standard InChI is InChI=1S/C17H23N5O4S/c1-2-26-17(23)15-5-3-9-21(13-15)27(24,25)20-12-14-6-8-18-16(11-14)22-10-4-7-19-22/h4,6-8,10-11,15,20H,2-3,5,9,12-13H2,1H3/t15-/m0/s1. The summed E-state index contributed by atoms with van der Waals surface area (Å²) in [5, 5.41) is 4.11. The molecule has 0 aliphatic carbocycles. The van der Waals surface area contributed by atoms with Gasteiger partial charge in [0.25, 0.3) is 10.2 Å². The van der Waals surface area contributed by atoms with Crippen LogP contribution < -0.4 is 4.72 Å². The van der Waals surface area contributed by atoms with Crippen molar-refractivity contribution < 1.29 is 17.9 Å². The molecule has 2 aromatic rings. The number of hydrogen-bond acceptors (Lipinski definition) is 6. The number of hydrogen-bond donors (Lipinski definition) is 1. The van der Waals surface area contributed by atoms with Gasteiger partial charge in [0, 0.05) is 38.2 Å². The number of nitrogens with zero attached hydrogens (tertiary/aromatic N) is 4. The highest BCUT2D eigenvalue weighted by molar-refractivity contribution is 7.87. The molecule has 3 heterocycles. The predicted molar refractivity (Wildman–Crippen MR) is 98.0 cm³/mol. The van der Waals surface area contributed by atoms with Crippen molar-refractivity contribution >= 4 is 16.2 Å². The molecule has 1 fully saturated rings. The molecule has 0 aromatic carbocycles. The molecule has 9 nitrogen and oxygen atoms in total. The van der Waals surface area contributed by atoms with E-state index in [0.717, 1.165) is 5.56 Å². The lowest BCUT2D eigenvalue weighted by Crippen LogP contribution is -2.47. The Kier molecular flexibility index (Phi) is 6.19. The summed E-state index contributed by atoms with van der Waals surface area (Å²) < 4.78 is 35.8. The first kappa shape index (κ1) is 19.5. The Balaban J connectivity index is 1.63. The third kappa shape index (κ3) is 4.90. The second kappa shape index (κ2) is 8.59. The second-order valence-corrected chi connectivity index (χ2v) is 8.00. The van der Waals surface area contributed by atoms with E-state index in [1.54, 1.807) is 48.4 Å². The fourth-order valence-electron chi connectivity index (χ4n) is 2.98. The van der Waals surface area contributed by atoms with Gasteiger partial charge in [-0.2, -0.15) is 22.5 Å². The van der Waals surface area contributed by atoms with Crippen LogP contribution in [-0.2, 0) is 26.3 Å². The zero-order valence-electron chi connectivity index (χ0n) is 15.1. The molecule has 0 amide bonds. The Morgan fingerprint density at radius 1 is 1.41 bits per heavy atom. The van der Waals surface area contributed by atoms with Crippen molar-refractivity contribution in [3.63, 3.8) is 0 Å². The van der Waals surface area contributed by atoms with Crippen LogP contribution in [0.4, 0.5) is 0 Å². The Morgan fingerprint density at radius 3 is 3.00 bits per heavy atom. The third-order valence-corrected chi connectivity index (χ3v) is 5.87. The molecule has 1 aliphatic heterocycles. The highest BCUT2D eigenvalue weighted by Gasteiger charge is 2.32. The molecule has 27 heavy (non-hydrogen) atoms. The molecule has 0 unspecified atom stereocenters. The van der Waals surface area contributed by atoms with E-state index in [2.05, 4.69) is 14.8 Å². The average molecular weight is 393 g/mol. The molecule has 0 saturated carbocycles. The predicted octanol–water partition coefficient (Wildman–Crippen LogP) is 0.877. The summed E-state index contributed by atoms with van der Waals surface area (Å²) in [6.07, 6.45) is 6.29. The van der Waals surface area contributed by atoms with E-state index in [0.29, 0.717) is 31.8 Å². The number of carbonyl (C=O) groups is 1. The smallest absolute Gasteiger partial charge is 0.310 e. The highest BCUT2D eigenvalue weighted by atomic mass is 32.2. The van der Waals surface area contributed by atoms with Crippen LogP contribution in [0.1, 0.15) is 25.3 Å². The molecule has 1 N–H and O–H groups in total. The molecular weight excluding hydrogens is 370 g/mol. The molecule has 1 saturated heterocycles. The summed E-state index contributed by atoms with van der Waals surface area (Å²) in [6, 6.07) is 5.30. The third-order valence-electron chi connectivity index (χ3n) is 4.35. The molecule has 146 valence electrons. The summed E-state index contributed by atoms with van der Waals surface area (Å²) in [5.41, 5.74) is 0.762. The summed E-state index contributed by atoms with van der Waals surface area (Å²) in [6.45, 7) is 2.69. The molecule has 0 bridgehead atoms. The van der Waals surface area contributed by atoms with E-state index in [1.165, 1.54) is 4.31 Å². The second-order valence-electron chi connectivity index (χ2n) is 6.25. The molecule has 3 rings (SSSR count). The van der Waals surface area contributed by atoms with Gasteiger partial charge in [0.2, 0.25) is 0 Å². The van der Waals surface area contributed by atoms with E-state index >= 15 is 0 Å². The first-order valence-electron chi connectivity index (χ1n) is 8.86. The minimum Gasteiger partial charge on any atom is -0.466 e. The van der Waals surface area contributed by atoms with Crippen molar-refractivity contribution in [3.05, 3.63) is 42.4 Å². The van der Waals surface area contributed by atoms with Gasteiger partial charge >= 0.3 is 5.97 Å². The quantitative estimate of drug-likeness (QED) is 0.700. The maximum absolute atomic E-state index is 12.6. The molecular formula is C17H23N5O4S. The van der Waals surface area contributed by atoms with Crippen LogP contribution in [0, 0.1) is 5.92 Å². The SMILES string of the molecule is CCOC(=O)[C@H]1CCCN(S(=O)(=O)NCc2ccnc(-n3cccn3)c2)C1. The van der Waals surface area contributed by atoms with Gasteiger partial charge in [-0.05, 0) is 43.5 Å². The summed E-state index contributed by atoms with van der Waals surface area (Å²) in [5.74, 6) is -0.143. The van der Waals surface area contributed by atoms with Crippen molar-refractivity contribution in [1.29, 1.82) is 0 Å². The lowest BCUT2D eigenvalue weighted by Gasteiger charge is -2.30. The van der Waals surface area contributed by atoms with Crippen LogP contribution in [0.15, 0.2) is 36.8 Å². The number of nitrogens with one attached hydrogen (secondary N) is 1. The maximum atomic E-state index is 12.6. The van der Waals surface area contributed by atoms with E-state index in [-0.39, 0.29) is 19.1 Å². The summed E-state index contributed by atoms with van der Waals surface area (Å²) in [7, 11) is -3.70. The topological polar surface area (TPSA) is 106 Å². The number of rotatable bonds is 7. The van der Waals surface area contributed by atoms with Crippen molar-refractivity contribution in [2.24, 2.45) is 5.92 Å². The molecule has 1 atom stereocenters. The molecule has 0 spiro atoms. The zero-order valence-corrected chi connectivity index (χ0v) is 15.9. The van der Waals surface area contributed by atoms with Gasteiger partial charge in [0.05, 0.1) is 12.5 Å². The van der Waals surface area contributed by atoms with E-state index < -0.39 is 16.1 Å². The normalized spacial score (nSPS) is 18.3. The molecule has 1 aliphatic rings. The van der Waals surface area contributed by atoms with Crippen LogP contribution in [0.3, 0.4) is 0 Å². The fraction of sp³-hybridized carbons (Fsp3) is 0.471. The zero-order chi connectivity index (χ0) is 19.3. The monoisotopic (exact) mass is 393 g/mol. The largest absolute Gasteiger partial charge is 0.466 e. The van der Waals surface area contributed by atoms with Gasteiger partial charge in [0.1, 0.15) is 0 Å². The van der Waals surface area contributed by atoms with E-state index in [4.69, 9.17) is 4.74 Å². The summed E-state index contributed by atoms with van der Waals surface area (Å²) in [4.78, 5) is 16.1. The lowest BCUT2D eigenvalue weighted by molar-refractivity contribution is -0.149. The number of ether oxygens (including phenoxy) is 1. The lowest BCUT2D eigenvalue weighted by atomic mass is 10.0. The highest BCUT2D eigenvalue weighted by Crippen LogP contribution is 2.20. The van der Waals surface area contributed by atoms with Gasteiger partial charge in [-0.25, -0.2) is 9.67 Å². The first-order valence-corrected chi connectivity index (χ1v) is 10.3. The van der Waals surface area contributed by atoms with Gasteiger partial charge in [-0.15, -0.1) is 0 Å². The number of aromatic nitrogens is 3. The van der Waals surface area contributed by atoms with E-state index in [1.807, 2.05) is 0 Å². The van der Waals surface area contributed by atoms with Gasteiger partial charge in [-0.3, -0.25) is 4.79 Å². The Labute approximate surface area is 158 Å². The van der Waals surface area contributed by atoms with Crippen LogP contribution in [0.25, 0.3) is 5.82 Å². The van der Waals surface area contributed by atoms with Crippen molar-refractivity contribution in [3.8, 4) is 5.82 Å². The van der Waals surface area contributed by atoms with Crippen LogP contribution >= 0.6 is 0 Å². The molecule has 0 radical (unpaired) electrons.